The molecule has 3 fully saturated rings. The highest BCUT2D eigenvalue weighted by atomic mass is 35.5. The topological polar surface area (TPSA) is 119 Å². The van der Waals surface area contributed by atoms with E-state index in [4.69, 9.17) is 16.3 Å². The van der Waals surface area contributed by atoms with Crippen LogP contribution in [0.25, 0.3) is 11.4 Å². The Morgan fingerprint density at radius 3 is 2.24 bits per heavy atom. The van der Waals surface area contributed by atoms with E-state index in [1.807, 2.05) is 30.3 Å². The van der Waals surface area contributed by atoms with Crippen LogP contribution in [0.15, 0.2) is 47.3 Å². The Hall–Kier alpha value is -4.08. The molecule has 3 aliphatic heterocycles. The second kappa shape index (κ2) is 15.7. The van der Waals surface area contributed by atoms with Gasteiger partial charge in [0, 0.05) is 64.3 Å². The largest absolute Gasteiger partial charge is 0.436 e. The number of likely N-dealkylation sites (tertiary alicyclic amines) is 2. The van der Waals surface area contributed by atoms with Crippen molar-refractivity contribution >= 4 is 29.3 Å². The average molecular weight is 733 g/mol. The monoisotopic (exact) mass is 732 g/mol. The number of nitrogens with one attached hydrogen (secondary N) is 2. The minimum Gasteiger partial charge on any atom is -0.436 e. The molecule has 2 aromatic carbocycles. The lowest BCUT2D eigenvalue weighted by atomic mass is 10.0. The summed E-state index contributed by atoms with van der Waals surface area (Å²) in [5.41, 5.74) is -0.695. The second-order valence-electron chi connectivity index (χ2n) is 13.5. The number of anilines is 1. The SMILES string of the molecule is CNc1c(Cl)cc(C[C@@H](OC(=O)N2CCC(n3nc(-c4ccccc4)[nH]c3=O)CC2)C(=O)N2CCN(C3CCN(C)CC3)CC2)cc1C(F)(F)F. The zero-order valence-electron chi connectivity index (χ0n) is 28.8. The van der Waals surface area contributed by atoms with Crippen molar-refractivity contribution in [1.29, 1.82) is 0 Å². The fraction of sp³-hybridized carbons (Fsp3) is 0.543. The van der Waals surface area contributed by atoms with Gasteiger partial charge in [-0.15, -0.1) is 5.10 Å². The van der Waals surface area contributed by atoms with E-state index >= 15 is 0 Å². The number of carbonyl (C=O) groups excluding carboxylic acids is 2. The summed E-state index contributed by atoms with van der Waals surface area (Å²) in [4.78, 5) is 50.9. The minimum atomic E-state index is -4.71. The van der Waals surface area contributed by atoms with E-state index in [2.05, 4.69) is 32.2 Å². The lowest BCUT2D eigenvalue weighted by molar-refractivity contribution is -0.143. The van der Waals surface area contributed by atoms with Crippen LogP contribution in [-0.4, -0.2) is 125 Å². The number of carbonyl (C=O) groups is 2. The molecule has 0 radical (unpaired) electrons. The summed E-state index contributed by atoms with van der Waals surface area (Å²) in [6.45, 7) is 4.66. The van der Waals surface area contributed by atoms with Crippen molar-refractivity contribution in [2.75, 3.05) is 71.8 Å². The van der Waals surface area contributed by atoms with E-state index in [0.29, 0.717) is 50.9 Å². The first-order valence-electron chi connectivity index (χ1n) is 17.4. The van der Waals surface area contributed by atoms with Crippen LogP contribution in [0.1, 0.15) is 42.9 Å². The second-order valence-corrected chi connectivity index (χ2v) is 13.9. The molecule has 0 bridgehead atoms. The lowest BCUT2D eigenvalue weighted by Crippen LogP contribution is -2.56. The Balaban J connectivity index is 1.15. The zero-order valence-corrected chi connectivity index (χ0v) is 29.5. The molecule has 3 aliphatic rings. The van der Waals surface area contributed by atoms with Crippen LogP contribution in [0.5, 0.6) is 0 Å². The number of hydrogen-bond donors (Lipinski definition) is 2. The van der Waals surface area contributed by atoms with E-state index in [9.17, 15) is 27.6 Å². The number of halogens is 4. The van der Waals surface area contributed by atoms with Gasteiger partial charge in [0.1, 0.15) is 0 Å². The summed E-state index contributed by atoms with van der Waals surface area (Å²) in [7, 11) is 3.46. The van der Waals surface area contributed by atoms with Crippen LogP contribution >= 0.6 is 11.6 Å². The predicted octanol–water partition coefficient (Wildman–Crippen LogP) is 4.58. The number of nitrogens with zero attached hydrogens (tertiary/aromatic N) is 6. The van der Waals surface area contributed by atoms with Gasteiger partial charge in [-0.25, -0.2) is 14.3 Å². The van der Waals surface area contributed by atoms with Gasteiger partial charge < -0.3 is 24.8 Å². The summed E-state index contributed by atoms with van der Waals surface area (Å²) >= 11 is 6.28. The number of ether oxygens (including phenoxy) is 1. The van der Waals surface area contributed by atoms with Crippen LogP contribution in [0, 0.1) is 0 Å². The third-order valence-corrected chi connectivity index (χ3v) is 10.5. The molecule has 16 heteroatoms. The highest BCUT2D eigenvalue weighted by Crippen LogP contribution is 2.40. The zero-order chi connectivity index (χ0) is 36.3. The Kier molecular flexibility index (Phi) is 11.3. The van der Waals surface area contributed by atoms with Gasteiger partial charge in [0.25, 0.3) is 5.91 Å². The summed E-state index contributed by atoms with van der Waals surface area (Å²) < 4.78 is 49.3. The van der Waals surface area contributed by atoms with Crippen molar-refractivity contribution in [3.8, 4) is 11.4 Å². The summed E-state index contributed by atoms with van der Waals surface area (Å²) in [5, 5.41) is 6.84. The maximum atomic E-state index is 14.0. The van der Waals surface area contributed by atoms with Crippen LogP contribution in [0.3, 0.4) is 0 Å². The first-order chi connectivity index (χ1) is 24.4. The Labute approximate surface area is 299 Å². The van der Waals surface area contributed by atoms with Gasteiger partial charge in [-0.05, 0) is 63.5 Å². The Morgan fingerprint density at radius 2 is 1.61 bits per heavy atom. The molecular weight excluding hydrogens is 689 g/mol. The van der Waals surface area contributed by atoms with Gasteiger partial charge in [-0.3, -0.25) is 14.7 Å². The number of piperidine rings is 2. The number of piperazine rings is 1. The molecule has 2 amide bonds. The number of aromatic nitrogens is 3. The van der Waals surface area contributed by atoms with E-state index in [0.717, 1.165) is 37.6 Å². The first-order valence-corrected chi connectivity index (χ1v) is 17.8. The van der Waals surface area contributed by atoms with Gasteiger partial charge in [0.2, 0.25) is 0 Å². The van der Waals surface area contributed by atoms with Crippen molar-refractivity contribution in [3.63, 3.8) is 0 Å². The minimum absolute atomic E-state index is 0.119. The van der Waals surface area contributed by atoms with Crippen molar-refractivity contribution < 1.29 is 27.5 Å². The molecule has 0 unspecified atom stereocenters. The van der Waals surface area contributed by atoms with Gasteiger partial charge in [-0.2, -0.15) is 13.2 Å². The molecular formula is C35H44ClF3N8O4. The van der Waals surface area contributed by atoms with Gasteiger partial charge in [-0.1, -0.05) is 41.9 Å². The molecule has 3 aromatic rings. The normalized spacial score (nSPS) is 19.3. The van der Waals surface area contributed by atoms with Crippen LogP contribution < -0.4 is 11.0 Å². The van der Waals surface area contributed by atoms with E-state index in [1.54, 1.807) is 4.90 Å². The third-order valence-electron chi connectivity index (χ3n) is 10.2. The summed E-state index contributed by atoms with van der Waals surface area (Å²) in [6, 6.07) is 11.8. The highest BCUT2D eigenvalue weighted by molar-refractivity contribution is 6.33. The molecule has 0 aliphatic carbocycles. The van der Waals surface area contributed by atoms with Gasteiger partial charge >= 0.3 is 18.0 Å². The predicted molar refractivity (Wildman–Crippen MR) is 187 cm³/mol. The van der Waals surface area contributed by atoms with Crippen molar-refractivity contribution in [2.24, 2.45) is 0 Å². The fourth-order valence-electron chi connectivity index (χ4n) is 7.32. The number of alkyl halides is 3. The molecule has 0 spiro atoms. The standard InChI is InChI=1S/C35H44ClF3N8O4/c1-40-30-27(35(37,38)39)20-23(21-28(30)36)22-29(32(48)45-18-16-44(17-19-45)25-8-12-43(2)13-9-25)51-34(50)46-14-10-26(11-15-46)47-33(49)41-31(42-47)24-6-4-3-5-7-24/h3-7,20-21,25-26,29,40H,8-19,22H2,1-2H3,(H,41,42,49)/t29-/m1/s1. The maximum Gasteiger partial charge on any atom is 0.418 e. The number of rotatable bonds is 8. The molecule has 6 rings (SSSR count). The molecule has 2 N–H and O–H groups in total. The number of benzene rings is 2. The summed E-state index contributed by atoms with van der Waals surface area (Å²) in [5.74, 6) is -0.00680. The molecule has 276 valence electrons. The molecule has 4 heterocycles. The Morgan fingerprint density at radius 1 is 0.961 bits per heavy atom. The van der Waals surface area contributed by atoms with Crippen molar-refractivity contribution in [3.05, 3.63) is 69.1 Å². The lowest BCUT2D eigenvalue weighted by Gasteiger charge is -2.42. The molecule has 1 atom stereocenters. The fourth-order valence-corrected chi connectivity index (χ4v) is 7.66. The first kappa shape index (κ1) is 36.7. The van der Waals surface area contributed by atoms with Crippen molar-refractivity contribution in [2.45, 2.75) is 56.5 Å². The van der Waals surface area contributed by atoms with Crippen molar-refractivity contribution in [1.82, 2.24) is 34.4 Å². The quantitative estimate of drug-likeness (QED) is 0.346. The number of hydrogen-bond acceptors (Lipinski definition) is 8. The van der Waals surface area contributed by atoms with Gasteiger partial charge in [0.15, 0.2) is 11.9 Å². The van der Waals surface area contributed by atoms with Crippen LogP contribution in [0.4, 0.5) is 23.7 Å². The summed E-state index contributed by atoms with van der Waals surface area (Å²) in [6.07, 6.45) is -4.17. The van der Waals surface area contributed by atoms with E-state index in [-0.39, 0.29) is 47.5 Å². The molecule has 1 aromatic heterocycles. The molecule has 3 saturated heterocycles. The number of H-pyrrole nitrogens is 1. The molecule has 12 nitrogen and oxygen atoms in total. The Bertz CT molecular complexity index is 1730. The third kappa shape index (κ3) is 8.53. The van der Waals surface area contributed by atoms with E-state index in [1.165, 1.54) is 22.7 Å². The molecule has 51 heavy (non-hydrogen) atoms. The number of amides is 2. The highest BCUT2D eigenvalue weighted by Gasteiger charge is 2.38. The van der Waals surface area contributed by atoms with E-state index < -0.39 is 29.8 Å². The average Bonchev–Trinajstić information content (AvgIpc) is 3.52. The van der Waals surface area contributed by atoms with Crippen LogP contribution in [-0.2, 0) is 22.1 Å². The molecule has 0 saturated carbocycles. The smallest absolute Gasteiger partial charge is 0.418 e. The van der Waals surface area contributed by atoms with Gasteiger partial charge in [0.05, 0.1) is 22.3 Å². The maximum absolute atomic E-state index is 14.0. The van der Waals surface area contributed by atoms with Crippen LogP contribution in [0.2, 0.25) is 5.02 Å². The number of aromatic amines is 1.